The van der Waals surface area contributed by atoms with Crippen LogP contribution in [0.25, 0.3) is 5.57 Å². The Bertz CT molecular complexity index is 1060. The van der Waals surface area contributed by atoms with E-state index in [-0.39, 0.29) is 17.3 Å². The monoisotopic (exact) mass is 338 g/mol. The lowest BCUT2D eigenvalue weighted by atomic mass is 9.86. The highest BCUT2D eigenvalue weighted by Gasteiger charge is 2.26. The second kappa shape index (κ2) is 6.37. The van der Waals surface area contributed by atoms with Crippen LogP contribution < -0.4 is 0 Å². The van der Waals surface area contributed by atoms with E-state index < -0.39 is 0 Å². The summed E-state index contributed by atoms with van der Waals surface area (Å²) < 4.78 is 0. The zero-order chi connectivity index (χ0) is 18.1. The van der Waals surface area contributed by atoms with Crippen LogP contribution in [0.4, 0.5) is 0 Å². The lowest BCUT2D eigenvalue weighted by Gasteiger charge is -2.15. The van der Waals surface area contributed by atoms with Gasteiger partial charge < -0.3 is 0 Å². The van der Waals surface area contributed by atoms with Crippen LogP contribution in [0.15, 0.2) is 84.9 Å². The number of hydrogen-bond acceptors (Lipinski definition) is 3. The van der Waals surface area contributed by atoms with Crippen LogP contribution in [-0.4, -0.2) is 17.3 Å². The number of rotatable bonds is 3. The summed E-state index contributed by atoms with van der Waals surface area (Å²) >= 11 is 0. The summed E-state index contributed by atoms with van der Waals surface area (Å²) in [6.45, 7) is 0. The van der Waals surface area contributed by atoms with E-state index in [0.717, 1.165) is 0 Å². The van der Waals surface area contributed by atoms with Crippen molar-refractivity contribution < 1.29 is 14.4 Å². The predicted octanol–water partition coefficient (Wildman–Crippen LogP) is 4.38. The zero-order valence-electron chi connectivity index (χ0n) is 13.8. The van der Waals surface area contributed by atoms with Gasteiger partial charge in [0.1, 0.15) is 0 Å². The molecule has 26 heavy (non-hydrogen) atoms. The molecular weight excluding hydrogens is 324 g/mol. The summed E-state index contributed by atoms with van der Waals surface area (Å²) in [7, 11) is 0. The van der Waals surface area contributed by atoms with Gasteiger partial charge in [-0.1, -0.05) is 78.9 Å². The van der Waals surface area contributed by atoms with Crippen molar-refractivity contribution in [1.29, 1.82) is 0 Å². The van der Waals surface area contributed by atoms with Crippen LogP contribution in [0.5, 0.6) is 0 Å². The van der Waals surface area contributed by atoms with E-state index in [0.29, 0.717) is 33.4 Å². The quantitative estimate of drug-likeness (QED) is 0.666. The van der Waals surface area contributed by atoms with Gasteiger partial charge in [0, 0.05) is 27.8 Å². The number of carbonyl (C=O) groups is 3. The Kier molecular flexibility index (Phi) is 3.90. The zero-order valence-corrected chi connectivity index (χ0v) is 13.8. The van der Waals surface area contributed by atoms with E-state index >= 15 is 0 Å². The third kappa shape index (κ3) is 2.70. The average molecular weight is 338 g/mol. The van der Waals surface area contributed by atoms with Crippen LogP contribution in [-0.2, 0) is 0 Å². The largest absolute Gasteiger partial charge is 0.289 e. The topological polar surface area (TPSA) is 51.2 Å². The van der Waals surface area contributed by atoms with Crippen molar-refractivity contribution in [3.8, 4) is 0 Å². The molecule has 4 rings (SSSR count). The number of fused-ring (bicyclic) bond motifs is 1. The van der Waals surface area contributed by atoms with Crippen LogP contribution in [0.3, 0.4) is 0 Å². The molecule has 0 unspecified atom stereocenters. The minimum atomic E-state index is -0.181. The molecule has 124 valence electrons. The van der Waals surface area contributed by atoms with Gasteiger partial charge in [-0.15, -0.1) is 0 Å². The van der Waals surface area contributed by atoms with Gasteiger partial charge in [-0.25, -0.2) is 0 Å². The van der Waals surface area contributed by atoms with E-state index in [1.807, 2.05) is 18.2 Å². The lowest BCUT2D eigenvalue weighted by Crippen LogP contribution is -2.16. The van der Waals surface area contributed by atoms with Gasteiger partial charge in [0.05, 0.1) is 0 Å². The Balaban J connectivity index is 1.67. The Labute approximate surface area is 150 Å². The van der Waals surface area contributed by atoms with Gasteiger partial charge in [0.2, 0.25) is 0 Å². The van der Waals surface area contributed by atoms with Gasteiger partial charge in [-0.3, -0.25) is 14.4 Å². The summed E-state index contributed by atoms with van der Waals surface area (Å²) in [4.78, 5) is 37.5. The van der Waals surface area contributed by atoms with Gasteiger partial charge in [-0.2, -0.15) is 0 Å². The maximum absolute atomic E-state index is 12.7. The summed E-state index contributed by atoms with van der Waals surface area (Å²) in [5.41, 5.74) is 2.97. The Morgan fingerprint density at radius 2 is 1.19 bits per heavy atom. The summed E-state index contributed by atoms with van der Waals surface area (Å²) in [5, 5.41) is 0. The summed E-state index contributed by atoms with van der Waals surface area (Å²) in [5.74, 6) is -0.440. The van der Waals surface area contributed by atoms with Crippen molar-refractivity contribution in [3.05, 3.63) is 113 Å². The minimum Gasteiger partial charge on any atom is -0.289 e. The SMILES string of the molecule is O=C(c1ccccc1)c1ccc(C2=CC(=O)c3ccccc3C2=O)cc1. The third-order valence-electron chi connectivity index (χ3n) is 4.45. The van der Waals surface area contributed by atoms with Gasteiger partial charge in [-0.05, 0) is 11.6 Å². The second-order valence-corrected chi connectivity index (χ2v) is 6.07. The molecule has 1 aliphatic carbocycles. The standard InChI is InChI=1S/C23H14O3/c24-21-14-20(23(26)19-9-5-4-8-18(19)21)15-10-12-17(13-11-15)22(25)16-6-2-1-3-7-16/h1-14H. The van der Waals surface area contributed by atoms with Crippen molar-refractivity contribution in [1.82, 2.24) is 0 Å². The van der Waals surface area contributed by atoms with E-state index in [4.69, 9.17) is 0 Å². The van der Waals surface area contributed by atoms with Crippen LogP contribution in [0.2, 0.25) is 0 Å². The van der Waals surface area contributed by atoms with E-state index in [9.17, 15) is 14.4 Å². The number of ketones is 3. The molecule has 3 aromatic carbocycles. The molecule has 0 N–H and O–H groups in total. The van der Waals surface area contributed by atoms with Crippen molar-refractivity contribution in [3.63, 3.8) is 0 Å². The number of hydrogen-bond donors (Lipinski definition) is 0. The maximum atomic E-state index is 12.7. The normalized spacial score (nSPS) is 13.2. The first-order valence-corrected chi connectivity index (χ1v) is 8.25. The molecular formula is C23H14O3. The Hall–Kier alpha value is -3.59. The fourth-order valence-electron chi connectivity index (χ4n) is 3.09. The highest BCUT2D eigenvalue weighted by atomic mass is 16.1. The predicted molar refractivity (Wildman–Crippen MR) is 99.4 cm³/mol. The molecule has 0 saturated heterocycles. The number of allylic oxidation sites excluding steroid dienone is 2. The van der Waals surface area contributed by atoms with Crippen molar-refractivity contribution >= 4 is 22.9 Å². The molecule has 0 radical (unpaired) electrons. The lowest BCUT2D eigenvalue weighted by molar-refractivity contribution is 0.100. The summed E-state index contributed by atoms with van der Waals surface area (Å²) in [6.07, 6.45) is 1.37. The number of Topliss-reactive ketones (excluding diaryl/α,β-unsaturated/α-hetero) is 1. The second-order valence-electron chi connectivity index (χ2n) is 6.07. The van der Waals surface area contributed by atoms with Gasteiger partial charge in [0.15, 0.2) is 17.3 Å². The highest BCUT2D eigenvalue weighted by molar-refractivity contribution is 6.38. The molecule has 0 aliphatic heterocycles. The van der Waals surface area contributed by atoms with E-state index in [1.165, 1.54) is 6.08 Å². The van der Waals surface area contributed by atoms with E-state index in [1.54, 1.807) is 60.7 Å². The summed E-state index contributed by atoms with van der Waals surface area (Å²) in [6, 6.07) is 22.6. The number of carbonyl (C=O) groups excluding carboxylic acids is 3. The molecule has 0 fully saturated rings. The molecule has 0 amide bonds. The molecule has 0 spiro atoms. The van der Waals surface area contributed by atoms with Crippen molar-refractivity contribution in [2.24, 2.45) is 0 Å². The minimum absolute atomic E-state index is 0.0810. The average Bonchev–Trinajstić information content (AvgIpc) is 2.71. The first-order chi connectivity index (χ1) is 12.6. The molecule has 0 bridgehead atoms. The maximum Gasteiger partial charge on any atom is 0.194 e. The van der Waals surface area contributed by atoms with Crippen LogP contribution >= 0.6 is 0 Å². The fraction of sp³-hybridized carbons (Fsp3) is 0. The van der Waals surface area contributed by atoms with Crippen LogP contribution in [0, 0.1) is 0 Å². The highest BCUT2D eigenvalue weighted by Crippen LogP contribution is 2.28. The first-order valence-electron chi connectivity index (χ1n) is 8.25. The molecule has 0 atom stereocenters. The van der Waals surface area contributed by atoms with Crippen molar-refractivity contribution in [2.75, 3.05) is 0 Å². The molecule has 3 nitrogen and oxygen atoms in total. The molecule has 0 heterocycles. The molecule has 0 aromatic heterocycles. The molecule has 3 heteroatoms. The van der Waals surface area contributed by atoms with Crippen molar-refractivity contribution in [2.45, 2.75) is 0 Å². The van der Waals surface area contributed by atoms with Crippen LogP contribution in [0.1, 0.15) is 42.2 Å². The Morgan fingerprint density at radius 3 is 1.88 bits per heavy atom. The molecule has 3 aromatic rings. The fourth-order valence-corrected chi connectivity index (χ4v) is 3.09. The first kappa shape index (κ1) is 15.9. The van der Waals surface area contributed by atoms with Gasteiger partial charge >= 0.3 is 0 Å². The number of benzene rings is 3. The third-order valence-corrected chi connectivity index (χ3v) is 4.45. The Morgan fingerprint density at radius 1 is 0.615 bits per heavy atom. The smallest absolute Gasteiger partial charge is 0.194 e. The van der Waals surface area contributed by atoms with E-state index in [2.05, 4.69) is 0 Å². The molecule has 0 saturated carbocycles. The van der Waals surface area contributed by atoms with Gasteiger partial charge in [0.25, 0.3) is 0 Å². The molecule has 1 aliphatic rings.